The minimum Gasteiger partial charge on any atom is -0.496 e. The molecule has 2 radical (unpaired) electrons. The third kappa shape index (κ3) is 13.3. The molecule has 17 heteroatoms. The van der Waals surface area contributed by atoms with Gasteiger partial charge in [0.2, 0.25) is 5.95 Å². The van der Waals surface area contributed by atoms with Crippen molar-refractivity contribution >= 4 is 49.3 Å². The smallest absolute Gasteiger partial charge is 0.326 e. The normalized spacial score (nSPS) is 14.5. The van der Waals surface area contributed by atoms with Gasteiger partial charge in [-0.15, -0.1) is 0 Å². The maximum Gasteiger partial charge on any atom is 0.326 e. The summed E-state index contributed by atoms with van der Waals surface area (Å²) in [6.45, 7) is 1.52. The first-order chi connectivity index (χ1) is 30.4. The van der Waals surface area contributed by atoms with E-state index in [1.165, 1.54) is 26.5 Å². The molecule has 64 heavy (non-hydrogen) atoms. The Morgan fingerprint density at radius 2 is 1.27 bits per heavy atom. The number of aromatic nitrogens is 2. The van der Waals surface area contributed by atoms with Crippen LogP contribution in [-0.2, 0) is 22.4 Å². The molecule has 2 saturated heterocycles. The Morgan fingerprint density at radius 1 is 0.766 bits per heavy atom. The molecule has 4 aromatic carbocycles. The number of nitrogens with zero attached hydrogens (tertiary/aromatic N) is 3. The fourth-order valence-electron chi connectivity index (χ4n) is 6.70. The monoisotopic (exact) mass is 1140 g/mol. The number of halogens is 5. The Hall–Kier alpha value is -5.03. The first-order valence-corrected chi connectivity index (χ1v) is 19.9. The quantitative estimate of drug-likeness (QED) is 0.0655. The summed E-state index contributed by atoms with van der Waals surface area (Å²) < 4.78 is 59.3. The van der Waals surface area contributed by atoms with E-state index in [1.54, 1.807) is 96.0 Å². The molecule has 332 valence electrons. The van der Waals surface area contributed by atoms with Crippen LogP contribution < -0.4 is 19.7 Å². The Kier molecular flexibility index (Phi) is 20.1. The molecule has 4 heterocycles. The van der Waals surface area contributed by atoms with Gasteiger partial charge < -0.3 is 37.3 Å². The maximum atomic E-state index is 15.4. The molecular weight excluding hydrogens is 1090 g/mol. The third-order valence-electron chi connectivity index (χ3n) is 10.1. The van der Waals surface area contributed by atoms with E-state index in [9.17, 15) is 19.1 Å². The zero-order valence-corrected chi connectivity index (χ0v) is 40.8. The summed E-state index contributed by atoms with van der Waals surface area (Å²) >= 11 is 12.1. The first kappa shape index (κ1) is 51.6. The summed E-state index contributed by atoms with van der Waals surface area (Å²) in [5.74, 6) is -1.41. The van der Waals surface area contributed by atoms with Gasteiger partial charge in [-0.3, -0.25) is 4.79 Å². The minimum absolute atomic E-state index is 0. The van der Waals surface area contributed by atoms with E-state index < -0.39 is 23.9 Å². The molecule has 0 amide bonds. The van der Waals surface area contributed by atoms with E-state index in [0.717, 1.165) is 24.1 Å². The number of benzene rings is 4. The molecule has 10 nitrogen and oxygen atoms in total. The molecule has 6 aromatic rings. The Bertz CT molecular complexity index is 2510. The standard InChI is InChI=1S/C23H20ClFN2O3.C19H14ClF2NO.C4H7NO2.CH3.BH.U/c1-30-19-7-6-16(22(25)21(19)15-3-2-4-17(24)12-15)11-14-5-8-20(26-13-14)27-10-9-18(27)23(28)29;1-24-16-7-6-14(9-12-5-8-17(21)23-11-12)19(22)18(16)13-3-2-4-15(20)10-13;6-4(7)3-1-2-5-3;;;/h2-8,12-13,18H,9-11H2,1H3,(H,28,29);2-8,10-11H,9H2,1H3;3,5H,1-2H2,(H,6,7);1H3;1H;/q;;;-1;;/t18-;;3-;;;/m0.0.../s1/i;;;;1D;. The van der Waals surface area contributed by atoms with Crippen LogP contribution in [-0.4, -0.2) is 81.2 Å². The van der Waals surface area contributed by atoms with Gasteiger partial charge in [-0.25, -0.2) is 23.5 Å². The van der Waals surface area contributed by atoms with Gasteiger partial charge in [0, 0.05) is 81.3 Å². The van der Waals surface area contributed by atoms with Gasteiger partial charge in [0.05, 0.1) is 25.3 Å². The average Bonchev–Trinajstić information content (AvgIpc) is 3.23. The summed E-state index contributed by atoms with van der Waals surface area (Å²) in [4.78, 5) is 30.9. The number of aliphatic carboxylic acids is 2. The molecule has 2 fully saturated rings. The van der Waals surface area contributed by atoms with Crippen LogP contribution in [0.3, 0.4) is 0 Å². The molecule has 2 atom stereocenters. The van der Waals surface area contributed by atoms with Crippen molar-refractivity contribution < 1.29 is 73.6 Å². The number of pyridine rings is 2. The first-order valence-electron chi connectivity index (χ1n) is 19.7. The van der Waals surface area contributed by atoms with Crippen LogP contribution in [0, 0.1) is 56.1 Å². The number of nitrogens with one attached hydrogen (secondary N) is 1. The second kappa shape index (κ2) is 24.9. The topological polar surface area (TPSA) is 134 Å². The van der Waals surface area contributed by atoms with Gasteiger partial charge in [-0.05, 0) is 103 Å². The summed E-state index contributed by atoms with van der Waals surface area (Å²) in [6, 6.07) is 26.5. The van der Waals surface area contributed by atoms with E-state index in [4.69, 9.17) is 39.1 Å². The van der Waals surface area contributed by atoms with E-state index in [-0.39, 0.29) is 56.2 Å². The Balaban J connectivity index is 0.000000287. The van der Waals surface area contributed by atoms with Crippen LogP contribution in [0.5, 0.6) is 11.5 Å². The number of carboxylic acid groups (broad SMARTS) is 2. The maximum absolute atomic E-state index is 15.4. The molecule has 2 aliphatic rings. The van der Waals surface area contributed by atoms with Gasteiger partial charge in [-0.1, -0.05) is 71.7 Å². The van der Waals surface area contributed by atoms with E-state index in [2.05, 4.69) is 23.7 Å². The molecule has 8 rings (SSSR count). The second-order valence-electron chi connectivity index (χ2n) is 14.1. The van der Waals surface area contributed by atoms with Crippen LogP contribution >= 0.6 is 23.2 Å². The van der Waals surface area contributed by atoms with Crippen molar-refractivity contribution in [3.05, 3.63) is 167 Å². The summed E-state index contributed by atoms with van der Waals surface area (Å²) in [5, 5.41) is 21.1. The van der Waals surface area contributed by atoms with Crippen LogP contribution in [0.25, 0.3) is 22.3 Å². The summed E-state index contributed by atoms with van der Waals surface area (Å²) in [5.41, 5.74) is 4.52. The fourth-order valence-corrected chi connectivity index (χ4v) is 7.08. The zero-order valence-electron chi connectivity index (χ0n) is 36.1. The van der Waals surface area contributed by atoms with Crippen molar-refractivity contribution in [3.63, 3.8) is 0 Å². The number of anilines is 1. The number of carboxylic acids is 2. The largest absolute Gasteiger partial charge is 0.496 e. The number of hydrogen-bond donors (Lipinski definition) is 3. The summed E-state index contributed by atoms with van der Waals surface area (Å²) in [7, 11) is 6.75. The van der Waals surface area contributed by atoms with Crippen molar-refractivity contribution in [2.45, 2.75) is 37.8 Å². The second-order valence-corrected chi connectivity index (χ2v) is 15.0. The third-order valence-corrected chi connectivity index (χ3v) is 10.6. The Morgan fingerprint density at radius 3 is 1.59 bits per heavy atom. The average molecular weight is 1140 g/mol. The SMILES string of the molecule is COc1ccc(Cc2ccc(F)nc2)c(F)c1-c1cccc(Cl)c1.COc1ccc(Cc2ccc(N3CC[C@H]3C(=O)O)nc2)c(F)c1-c1cccc(Cl)c1.O=C(O)[C@@H]1CCN1.[2H][B].[CH3-].[U]. The number of hydrogen-bond acceptors (Lipinski definition) is 8. The molecule has 2 aliphatic heterocycles. The van der Waals surface area contributed by atoms with Crippen molar-refractivity contribution in [3.8, 4) is 33.8 Å². The molecule has 3 N–H and O–H groups in total. The predicted molar refractivity (Wildman–Crippen MR) is 242 cm³/mol. The number of methoxy groups -OCH3 is 2. The molecule has 0 bridgehead atoms. The number of rotatable bonds is 11. The molecule has 0 aliphatic carbocycles. The summed E-state index contributed by atoms with van der Waals surface area (Å²) in [6.07, 6.45) is 5.11. The van der Waals surface area contributed by atoms with Crippen LogP contribution in [0.15, 0.2) is 109 Å². The van der Waals surface area contributed by atoms with Crippen molar-refractivity contribution in [2.24, 2.45) is 0 Å². The van der Waals surface area contributed by atoms with Gasteiger partial charge in [0.25, 0.3) is 0 Å². The minimum atomic E-state index is -0.846. The van der Waals surface area contributed by atoms with E-state index >= 15 is 8.78 Å². The van der Waals surface area contributed by atoms with Crippen LogP contribution in [0.2, 0.25) is 10.0 Å². The molecule has 0 unspecified atom stereocenters. The van der Waals surface area contributed by atoms with E-state index in [0.29, 0.717) is 86.6 Å². The zero-order chi connectivity index (χ0) is 45.6. The van der Waals surface area contributed by atoms with Crippen LogP contribution in [0.4, 0.5) is 19.0 Å². The Labute approximate surface area is 407 Å². The van der Waals surface area contributed by atoms with Gasteiger partial charge in [0.1, 0.15) is 41.0 Å². The molecular formula is C47H45BCl2F3N4O6U-. The van der Waals surface area contributed by atoms with Gasteiger partial charge >= 0.3 is 11.9 Å². The van der Waals surface area contributed by atoms with Crippen molar-refractivity contribution in [1.82, 2.24) is 15.3 Å². The van der Waals surface area contributed by atoms with Gasteiger partial charge in [-0.2, -0.15) is 4.39 Å². The molecule has 2 aromatic heterocycles. The van der Waals surface area contributed by atoms with Crippen molar-refractivity contribution in [2.75, 3.05) is 32.2 Å². The van der Waals surface area contributed by atoms with Crippen LogP contribution in [0.1, 0.15) is 35.1 Å². The number of carbonyl (C=O) groups is 2. The van der Waals surface area contributed by atoms with E-state index in [1.807, 2.05) is 6.07 Å². The predicted octanol–water partition coefficient (Wildman–Crippen LogP) is 9.32. The molecule has 0 saturated carbocycles. The van der Waals surface area contributed by atoms with Gasteiger partial charge in [0.15, 0.2) is 0 Å². The molecule has 0 spiro atoms. The number of ether oxygens (including phenoxy) is 2. The van der Waals surface area contributed by atoms with Crippen molar-refractivity contribution in [1.29, 1.82) is 1.34 Å². The fraction of sp³-hybridized carbons (Fsp3) is 0.213.